The summed E-state index contributed by atoms with van der Waals surface area (Å²) in [6.07, 6.45) is -7.05. The van der Waals surface area contributed by atoms with Crippen molar-refractivity contribution < 1.29 is 45.4 Å². The number of hydroxylamine groups is 1. The minimum Gasteiger partial charge on any atom is -0.444 e. The summed E-state index contributed by atoms with van der Waals surface area (Å²) in [6.45, 7) is 6.77. The molecule has 1 fully saturated rings. The van der Waals surface area contributed by atoms with Crippen LogP contribution in [0.1, 0.15) is 50.3 Å². The summed E-state index contributed by atoms with van der Waals surface area (Å²) in [4.78, 5) is 18.7. The number of benzene rings is 1. The van der Waals surface area contributed by atoms with Crippen LogP contribution in [0.3, 0.4) is 0 Å². The molecule has 12 heteroatoms. The number of nitrogens with one attached hydrogen (secondary N) is 1. The lowest BCUT2D eigenvalue weighted by Crippen LogP contribution is -2.43. The Hall–Kier alpha value is -2.47. The second-order valence-electron chi connectivity index (χ2n) is 8.64. The summed E-state index contributed by atoms with van der Waals surface area (Å²) >= 11 is 0. The molecule has 0 radical (unpaired) electrons. The molecule has 0 atom stereocenters. The standard InChI is InChI=1S/C22H28F6N2O4/c1-20(2,3)34-19(31)30-10-7-16(8-11-30)32-12-13-33-29-9-6-15-4-5-17(21(23,24)25)18(14-15)22(26,27)28/h4-6,9,14,16,29H,7-8,10-13H2,1-3H3. The first-order valence-electron chi connectivity index (χ1n) is 10.6. The van der Waals surface area contributed by atoms with Crippen molar-refractivity contribution in [3.63, 3.8) is 0 Å². The Balaban J connectivity index is 1.70. The van der Waals surface area contributed by atoms with Crippen molar-refractivity contribution in [2.75, 3.05) is 26.3 Å². The highest BCUT2D eigenvalue weighted by Crippen LogP contribution is 2.40. The van der Waals surface area contributed by atoms with Crippen molar-refractivity contribution in [1.29, 1.82) is 0 Å². The van der Waals surface area contributed by atoms with Gasteiger partial charge in [0.25, 0.3) is 0 Å². The van der Waals surface area contributed by atoms with Gasteiger partial charge in [-0.1, -0.05) is 6.07 Å². The highest BCUT2D eigenvalue weighted by molar-refractivity contribution is 5.68. The molecule has 1 aliphatic rings. The molecule has 1 N–H and O–H groups in total. The molecule has 1 heterocycles. The largest absolute Gasteiger partial charge is 0.444 e. The van der Waals surface area contributed by atoms with E-state index in [1.54, 1.807) is 25.7 Å². The number of carbonyl (C=O) groups is 1. The maximum Gasteiger partial charge on any atom is 0.417 e. The molecule has 6 nitrogen and oxygen atoms in total. The molecule has 0 aromatic heterocycles. The molecule has 0 spiro atoms. The van der Waals surface area contributed by atoms with E-state index < -0.39 is 29.1 Å². The SMILES string of the molecule is CC(C)(C)OC(=O)N1CCC(OCCONC=Cc2ccc(C(F)(F)F)c(C(F)(F)F)c2)CC1. The number of hydrogen-bond acceptors (Lipinski definition) is 5. The molecule has 1 aromatic carbocycles. The molecule has 0 unspecified atom stereocenters. The molecule has 0 saturated carbocycles. The van der Waals surface area contributed by atoms with E-state index in [1.807, 2.05) is 0 Å². The number of likely N-dealkylation sites (tertiary alicyclic amines) is 1. The first kappa shape index (κ1) is 27.8. The van der Waals surface area contributed by atoms with E-state index >= 15 is 0 Å². The van der Waals surface area contributed by atoms with Crippen LogP contribution < -0.4 is 5.48 Å². The average molecular weight is 498 g/mol. The fraction of sp³-hybridized carbons (Fsp3) is 0.591. The van der Waals surface area contributed by atoms with Gasteiger partial charge < -0.3 is 14.4 Å². The predicted octanol–water partition coefficient (Wildman–Crippen LogP) is 5.63. The molecule has 0 aliphatic carbocycles. The smallest absolute Gasteiger partial charge is 0.417 e. The molecule has 1 aliphatic heterocycles. The number of alkyl halides is 6. The van der Waals surface area contributed by atoms with E-state index in [0.29, 0.717) is 38.1 Å². The molecule has 2 rings (SSSR count). The molecule has 1 saturated heterocycles. The van der Waals surface area contributed by atoms with E-state index in [0.717, 1.165) is 12.1 Å². The Morgan fingerprint density at radius 3 is 2.21 bits per heavy atom. The number of rotatable bonds is 7. The van der Waals surface area contributed by atoms with E-state index in [2.05, 4.69) is 5.48 Å². The van der Waals surface area contributed by atoms with E-state index in [9.17, 15) is 31.1 Å². The van der Waals surface area contributed by atoms with Gasteiger partial charge in [-0.15, -0.1) is 0 Å². The normalized spacial score (nSPS) is 16.2. The highest BCUT2D eigenvalue weighted by atomic mass is 19.4. The number of ether oxygens (including phenoxy) is 2. The van der Waals surface area contributed by atoms with Gasteiger partial charge in [0, 0.05) is 19.3 Å². The number of piperidine rings is 1. The quantitative estimate of drug-likeness (QED) is 0.300. The summed E-state index contributed by atoms with van der Waals surface area (Å²) in [5.41, 5.74) is -1.75. The van der Waals surface area contributed by atoms with Gasteiger partial charge in [-0.05, 0) is 57.4 Å². The lowest BCUT2D eigenvalue weighted by atomic mass is 10.0. The van der Waals surface area contributed by atoms with Gasteiger partial charge in [0.2, 0.25) is 0 Å². The Morgan fingerprint density at radius 1 is 1.03 bits per heavy atom. The van der Waals surface area contributed by atoms with Crippen LogP contribution in [0.25, 0.3) is 6.08 Å². The van der Waals surface area contributed by atoms with Crippen LogP contribution >= 0.6 is 0 Å². The van der Waals surface area contributed by atoms with Crippen LogP contribution in [-0.2, 0) is 26.7 Å². The Labute approximate surface area is 193 Å². The third kappa shape index (κ3) is 9.05. The van der Waals surface area contributed by atoms with Crippen molar-refractivity contribution in [2.45, 2.75) is 57.7 Å². The second-order valence-corrected chi connectivity index (χ2v) is 8.64. The number of carbonyl (C=O) groups excluding carboxylic acids is 1. The van der Waals surface area contributed by atoms with Crippen LogP contribution in [0, 0.1) is 0 Å². The van der Waals surface area contributed by atoms with E-state index in [1.165, 1.54) is 6.20 Å². The van der Waals surface area contributed by atoms with Crippen LogP contribution in [0.5, 0.6) is 0 Å². The van der Waals surface area contributed by atoms with Gasteiger partial charge >= 0.3 is 18.4 Å². The second kappa shape index (κ2) is 11.3. The van der Waals surface area contributed by atoms with Gasteiger partial charge in [0.05, 0.1) is 30.4 Å². The maximum atomic E-state index is 13.0. The van der Waals surface area contributed by atoms with Gasteiger partial charge in [-0.25, -0.2) is 4.79 Å². The van der Waals surface area contributed by atoms with Gasteiger partial charge in [-0.3, -0.25) is 10.3 Å². The monoisotopic (exact) mass is 498 g/mol. The van der Waals surface area contributed by atoms with E-state index in [4.69, 9.17) is 14.3 Å². The summed E-state index contributed by atoms with van der Waals surface area (Å²) in [5.74, 6) is 0. The molecule has 34 heavy (non-hydrogen) atoms. The summed E-state index contributed by atoms with van der Waals surface area (Å²) in [6, 6.07) is 1.75. The van der Waals surface area contributed by atoms with Crippen molar-refractivity contribution in [2.24, 2.45) is 0 Å². The molecular weight excluding hydrogens is 470 g/mol. The van der Waals surface area contributed by atoms with Crippen LogP contribution in [0.2, 0.25) is 0 Å². The zero-order valence-electron chi connectivity index (χ0n) is 19.1. The number of halogens is 6. The first-order valence-corrected chi connectivity index (χ1v) is 10.6. The zero-order chi connectivity index (χ0) is 25.6. The summed E-state index contributed by atoms with van der Waals surface area (Å²) in [7, 11) is 0. The minimum atomic E-state index is -5.14. The Bertz CT molecular complexity index is 841. The third-order valence-corrected chi connectivity index (χ3v) is 4.71. The number of nitrogens with zero attached hydrogens (tertiary/aromatic N) is 1. The van der Waals surface area contributed by atoms with Gasteiger partial charge in [0.1, 0.15) is 5.60 Å². The van der Waals surface area contributed by atoms with Crippen molar-refractivity contribution in [3.8, 4) is 0 Å². The number of hydrogen-bond donors (Lipinski definition) is 1. The topological polar surface area (TPSA) is 60.0 Å². The Morgan fingerprint density at radius 2 is 1.65 bits per heavy atom. The van der Waals surface area contributed by atoms with Crippen molar-refractivity contribution >= 4 is 12.2 Å². The lowest BCUT2D eigenvalue weighted by molar-refractivity contribution is -0.162. The Kier molecular flexibility index (Phi) is 9.23. The minimum absolute atomic E-state index is 0.0502. The first-order chi connectivity index (χ1) is 15.7. The van der Waals surface area contributed by atoms with Gasteiger partial charge in [-0.2, -0.15) is 26.3 Å². The van der Waals surface area contributed by atoms with Crippen molar-refractivity contribution in [1.82, 2.24) is 10.4 Å². The summed E-state index contributed by atoms with van der Waals surface area (Å²) in [5, 5.41) is 0. The highest BCUT2D eigenvalue weighted by Gasteiger charge is 2.42. The molecule has 1 aromatic rings. The predicted molar refractivity (Wildman–Crippen MR) is 111 cm³/mol. The zero-order valence-corrected chi connectivity index (χ0v) is 19.1. The van der Waals surface area contributed by atoms with Crippen LogP contribution in [0.4, 0.5) is 31.1 Å². The number of amides is 1. The lowest BCUT2D eigenvalue weighted by Gasteiger charge is -2.33. The molecule has 192 valence electrons. The van der Waals surface area contributed by atoms with Gasteiger partial charge in [0.15, 0.2) is 0 Å². The van der Waals surface area contributed by atoms with Crippen LogP contribution in [0.15, 0.2) is 24.4 Å². The van der Waals surface area contributed by atoms with Crippen LogP contribution in [-0.4, -0.2) is 49.0 Å². The summed E-state index contributed by atoms with van der Waals surface area (Å²) < 4.78 is 88.3. The average Bonchev–Trinajstić information content (AvgIpc) is 2.70. The molecular formula is C22H28F6N2O4. The molecule has 1 amide bonds. The van der Waals surface area contributed by atoms with E-state index in [-0.39, 0.29) is 31.0 Å². The fourth-order valence-corrected chi connectivity index (χ4v) is 3.17. The fourth-order valence-electron chi connectivity index (χ4n) is 3.17. The molecule has 0 bridgehead atoms. The third-order valence-electron chi connectivity index (χ3n) is 4.71. The van der Waals surface area contributed by atoms with Crippen molar-refractivity contribution in [3.05, 3.63) is 41.1 Å². The maximum absolute atomic E-state index is 13.0.